The van der Waals surface area contributed by atoms with Gasteiger partial charge in [0.05, 0.1) is 21.2 Å². The Bertz CT molecular complexity index is 820. The Labute approximate surface area is 148 Å². The van der Waals surface area contributed by atoms with Crippen LogP contribution in [0, 0.1) is 16.0 Å². The molecule has 2 N–H and O–H groups in total. The Balaban J connectivity index is 2.06. The topological polar surface area (TPSA) is 110 Å². The van der Waals surface area contributed by atoms with Gasteiger partial charge in [-0.15, -0.1) is 0 Å². The summed E-state index contributed by atoms with van der Waals surface area (Å²) in [7, 11) is 0. The maximum atomic E-state index is 12.3. The highest BCUT2D eigenvalue weighted by Gasteiger charge is 2.17. The predicted octanol–water partition coefficient (Wildman–Crippen LogP) is 3.76. The number of nitro benzene ring substituents is 1. The number of hydrogen-bond donors (Lipinski definition) is 2. The minimum Gasteiger partial charge on any atom is -0.478 e. The Morgan fingerprint density at radius 2 is 1.88 bits per heavy atom. The third-order valence-electron chi connectivity index (χ3n) is 3.61. The summed E-state index contributed by atoms with van der Waals surface area (Å²) in [6, 6.07) is 10.0. The molecule has 2 aromatic rings. The molecular formula is C17H15ClN2O5. The van der Waals surface area contributed by atoms with Crippen molar-refractivity contribution in [3.8, 4) is 0 Å². The van der Waals surface area contributed by atoms with Crippen molar-refractivity contribution < 1.29 is 19.6 Å². The van der Waals surface area contributed by atoms with Crippen LogP contribution >= 0.6 is 11.6 Å². The summed E-state index contributed by atoms with van der Waals surface area (Å²) >= 11 is 5.99. The van der Waals surface area contributed by atoms with Gasteiger partial charge in [-0.25, -0.2) is 4.79 Å². The van der Waals surface area contributed by atoms with Crippen LogP contribution in [0.1, 0.15) is 22.8 Å². The molecule has 0 saturated carbocycles. The number of carbonyl (C=O) groups excluding carboxylic acids is 1. The van der Waals surface area contributed by atoms with E-state index in [1.807, 2.05) is 0 Å². The van der Waals surface area contributed by atoms with Gasteiger partial charge in [0.2, 0.25) is 5.91 Å². The number of amides is 1. The van der Waals surface area contributed by atoms with E-state index in [1.54, 1.807) is 19.1 Å². The fourth-order valence-electron chi connectivity index (χ4n) is 2.21. The lowest BCUT2D eigenvalue weighted by molar-refractivity contribution is -0.384. The first-order chi connectivity index (χ1) is 11.8. The SMILES string of the molecule is CC(Cc1ccc([N+](=O)[O-])cc1)C(=O)Nc1cc(C(=O)O)ccc1Cl. The highest BCUT2D eigenvalue weighted by molar-refractivity contribution is 6.33. The molecule has 1 atom stereocenters. The largest absolute Gasteiger partial charge is 0.478 e. The minimum absolute atomic E-state index is 0.0156. The Hall–Kier alpha value is -2.93. The molecule has 0 aliphatic carbocycles. The highest BCUT2D eigenvalue weighted by Crippen LogP contribution is 2.24. The van der Waals surface area contributed by atoms with Gasteiger partial charge in [0, 0.05) is 18.1 Å². The molecule has 0 radical (unpaired) electrons. The molecule has 130 valence electrons. The third kappa shape index (κ3) is 4.77. The van der Waals surface area contributed by atoms with E-state index in [-0.39, 0.29) is 27.9 Å². The number of benzene rings is 2. The zero-order valence-electron chi connectivity index (χ0n) is 13.2. The molecule has 8 heteroatoms. The zero-order chi connectivity index (χ0) is 18.6. The van der Waals surface area contributed by atoms with Crippen LogP contribution in [0.15, 0.2) is 42.5 Å². The van der Waals surface area contributed by atoms with Gasteiger partial charge in [0.1, 0.15) is 0 Å². The highest BCUT2D eigenvalue weighted by atomic mass is 35.5. The number of non-ortho nitro benzene ring substituents is 1. The van der Waals surface area contributed by atoms with Gasteiger partial charge in [0.25, 0.3) is 5.69 Å². The lowest BCUT2D eigenvalue weighted by atomic mass is 10.00. The molecule has 0 spiro atoms. The summed E-state index contributed by atoms with van der Waals surface area (Å²) in [6.45, 7) is 1.70. The van der Waals surface area contributed by atoms with Crippen LogP contribution < -0.4 is 5.32 Å². The molecule has 25 heavy (non-hydrogen) atoms. The van der Waals surface area contributed by atoms with Crippen molar-refractivity contribution in [2.75, 3.05) is 5.32 Å². The van der Waals surface area contributed by atoms with Gasteiger partial charge in [-0.1, -0.05) is 30.7 Å². The van der Waals surface area contributed by atoms with Gasteiger partial charge in [-0.05, 0) is 30.2 Å². The average Bonchev–Trinajstić information content (AvgIpc) is 2.57. The van der Waals surface area contributed by atoms with E-state index in [0.29, 0.717) is 6.42 Å². The smallest absolute Gasteiger partial charge is 0.335 e. The van der Waals surface area contributed by atoms with Crippen LogP contribution in [0.25, 0.3) is 0 Å². The van der Waals surface area contributed by atoms with E-state index in [2.05, 4.69) is 5.32 Å². The summed E-state index contributed by atoms with van der Waals surface area (Å²) in [5, 5.41) is 22.5. The van der Waals surface area contributed by atoms with Crippen molar-refractivity contribution in [2.24, 2.45) is 5.92 Å². The van der Waals surface area contributed by atoms with E-state index in [0.717, 1.165) is 5.56 Å². The number of carbonyl (C=O) groups is 2. The number of anilines is 1. The van der Waals surface area contributed by atoms with E-state index < -0.39 is 16.8 Å². The van der Waals surface area contributed by atoms with Crippen LogP contribution in [0.2, 0.25) is 5.02 Å². The minimum atomic E-state index is -1.12. The number of nitrogens with one attached hydrogen (secondary N) is 1. The number of aromatic carboxylic acids is 1. The number of nitro groups is 1. The second-order valence-corrected chi connectivity index (χ2v) is 5.92. The number of carboxylic acids is 1. The molecule has 0 aromatic heterocycles. The van der Waals surface area contributed by atoms with Gasteiger partial charge >= 0.3 is 5.97 Å². The molecule has 1 amide bonds. The van der Waals surface area contributed by atoms with E-state index >= 15 is 0 Å². The molecule has 2 aromatic carbocycles. The summed E-state index contributed by atoms with van der Waals surface area (Å²) < 4.78 is 0. The summed E-state index contributed by atoms with van der Waals surface area (Å²) in [5.74, 6) is -1.89. The van der Waals surface area contributed by atoms with Crippen molar-refractivity contribution in [1.29, 1.82) is 0 Å². The molecule has 0 aliphatic rings. The predicted molar refractivity (Wildman–Crippen MR) is 93.0 cm³/mol. The lowest BCUT2D eigenvalue weighted by Crippen LogP contribution is -2.22. The summed E-state index contributed by atoms with van der Waals surface area (Å²) in [4.78, 5) is 33.4. The fourth-order valence-corrected chi connectivity index (χ4v) is 2.37. The van der Waals surface area contributed by atoms with Gasteiger partial charge in [0.15, 0.2) is 0 Å². The zero-order valence-corrected chi connectivity index (χ0v) is 14.0. The van der Waals surface area contributed by atoms with Crippen LogP contribution in [-0.2, 0) is 11.2 Å². The molecular weight excluding hydrogens is 348 g/mol. The van der Waals surface area contributed by atoms with Crippen molar-refractivity contribution in [3.05, 3.63) is 68.7 Å². The third-order valence-corrected chi connectivity index (χ3v) is 3.94. The van der Waals surface area contributed by atoms with Gasteiger partial charge in [-0.3, -0.25) is 14.9 Å². The van der Waals surface area contributed by atoms with Crippen LogP contribution in [0.4, 0.5) is 11.4 Å². The maximum absolute atomic E-state index is 12.3. The van der Waals surface area contributed by atoms with Gasteiger partial charge in [-0.2, -0.15) is 0 Å². The number of rotatable bonds is 6. The van der Waals surface area contributed by atoms with Crippen molar-refractivity contribution in [3.63, 3.8) is 0 Å². The molecule has 2 rings (SSSR count). The summed E-state index contributed by atoms with van der Waals surface area (Å²) in [6.07, 6.45) is 0.375. The molecule has 0 aliphatic heterocycles. The van der Waals surface area contributed by atoms with Gasteiger partial charge < -0.3 is 10.4 Å². The number of hydrogen-bond acceptors (Lipinski definition) is 4. The van der Waals surface area contributed by atoms with Crippen molar-refractivity contribution >= 4 is 34.9 Å². The quantitative estimate of drug-likeness (QED) is 0.600. The second kappa shape index (κ2) is 7.76. The normalized spacial score (nSPS) is 11.6. The maximum Gasteiger partial charge on any atom is 0.335 e. The fraction of sp³-hybridized carbons (Fsp3) is 0.176. The number of nitrogens with zero attached hydrogens (tertiary/aromatic N) is 1. The molecule has 1 unspecified atom stereocenters. The first-order valence-electron chi connectivity index (χ1n) is 7.35. The second-order valence-electron chi connectivity index (χ2n) is 5.52. The molecule has 0 fully saturated rings. The van der Waals surface area contributed by atoms with Crippen molar-refractivity contribution in [2.45, 2.75) is 13.3 Å². The lowest BCUT2D eigenvalue weighted by Gasteiger charge is -2.13. The first kappa shape index (κ1) is 18.4. The van der Waals surface area contributed by atoms with Crippen LogP contribution in [0.5, 0.6) is 0 Å². The Morgan fingerprint density at radius 1 is 1.24 bits per heavy atom. The van der Waals surface area contributed by atoms with E-state index in [9.17, 15) is 19.7 Å². The number of carboxylic acid groups (broad SMARTS) is 1. The monoisotopic (exact) mass is 362 g/mol. The Morgan fingerprint density at radius 3 is 2.44 bits per heavy atom. The molecule has 0 saturated heterocycles. The Kier molecular flexibility index (Phi) is 5.71. The summed E-state index contributed by atoms with van der Waals surface area (Å²) in [5.41, 5.74) is 1.00. The van der Waals surface area contributed by atoms with Crippen molar-refractivity contribution in [1.82, 2.24) is 0 Å². The standard InChI is InChI=1S/C17H15ClN2O5/c1-10(8-11-2-5-13(6-3-11)20(24)25)16(21)19-15-9-12(17(22)23)4-7-14(15)18/h2-7,9-10H,8H2,1H3,(H,19,21)(H,22,23). The van der Waals surface area contributed by atoms with Crippen LogP contribution in [0.3, 0.4) is 0 Å². The van der Waals surface area contributed by atoms with E-state index in [4.69, 9.17) is 16.7 Å². The number of halogens is 1. The molecule has 0 bridgehead atoms. The average molecular weight is 363 g/mol. The van der Waals surface area contributed by atoms with E-state index in [1.165, 1.54) is 30.3 Å². The first-order valence-corrected chi connectivity index (χ1v) is 7.72. The molecule has 7 nitrogen and oxygen atoms in total. The van der Waals surface area contributed by atoms with Crippen LogP contribution in [-0.4, -0.2) is 21.9 Å². The molecule has 0 heterocycles.